The second-order valence-electron chi connectivity index (χ2n) is 8.02. The van der Waals surface area contributed by atoms with E-state index in [4.69, 9.17) is 9.47 Å². The summed E-state index contributed by atoms with van der Waals surface area (Å²) in [6.45, 7) is 8.87. The summed E-state index contributed by atoms with van der Waals surface area (Å²) in [6, 6.07) is 12.2. The van der Waals surface area contributed by atoms with E-state index in [0.717, 1.165) is 56.0 Å². The molecule has 1 fully saturated rings. The standard InChI is InChI=1S/C23H33N5O2.HI/c1-23(2,18-9-10-19(29-4)20(16-18)30-5)17-26-22(24-3)28-14-12-27(13-15-28)21-8-6-7-11-25-21;/h6-11,16H,12-15,17H2,1-5H3,(H,24,26);1H. The van der Waals surface area contributed by atoms with Crippen LogP contribution in [0.4, 0.5) is 5.82 Å². The number of guanidine groups is 1. The number of rotatable bonds is 6. The third-order valence-electron chi connectivity index (χ3n) is 5.62. The second-order valence-corrected chi connectivity index (χ2v) is 8.02. The van der Waals surface area contributed by atoms with Crippen LogP contribution in [-0.4, -0.2) is 69.8 Å². The molecule has 1 N–H and O–H groups in total. The Morgan fingerprint density at radius 1 is 1.06 bits per heavy atom. The number of benzene rings is 1. The number of aliphatic imine (C=N–C) groups is 1. The van der Waals surface area contributed by atoms with Gasteiger partial charge in [-0.15, -0.1) is 24.0 Å². The van der Waals surface area contributed by atoms with E-state index in [1.807, 2.05) is 31.4 Å². The highest BCUT2D eigenvalue weighted by molar-refractivity contribution is 14.0. The first-order chi connectivity index (χ1) is 14.5. The van der Waals surface area contributed by atoms with Crippen LogP contribution in [0.15, 0.2) is 47.6 Å². The lowest BCUT2D eigenvalue weighted by molar-refractivity contribution is 0.352. The Bertz CT molecular complexity index is 852. The molecule has 3 rings (SSSR count). The van der Waals surface area contributed by atoms with E-state index in [2.05, 4.69) is 57.1 Å². The first-order valence-electron chi connectivity index (χ1n) is 10.3. The summed E-state index contributed by atoms with van der Waals surface area (Å²) in [7, 11) is 5.16. The van der Waals surface area contributed by atoms with Crippen molar-refractivity contribution in [1.82, 2.24) is 15.2 Å². The van der Waals surface area contributed by atoms with Crippen LogP contribution in [0.1, 0.15) is 19.4 Å². The van der Waals surface area contributed by atoms with Crippen molar-refractivity contribution in [2.45, 2.75) is 19.3 Å². The number of nitrogens with one attached hydrogen (secondary N) is 1. The molecular weight excluding hydrogens is 505 g/mol. The highest BCUT2D eigenvalue weighted by atomic mass is 127. The lowest BCUT2D eigenvalue weighted by atomic mass is 9.84. The summed E-state index contributed by atoms with van der Waals surface area (Å²) in [4.78, 5) is 13.6. The van der Waals surface area contributed by atoms with Gasteiger partial charge in [0.25, 0.3) is 0 Å². The maximum absolute atomic E-state index is 5.47. The van der Waals surface area contributed by atoms with Gasteiger partial charge in [0.05, 0.1) is 14.2 Å². The van der Waals surface area contributed by atoms with Crippen LogP contribution in [0, 0.1) is 0 Å². The molecule has 1 aliphatic rings. The number of anilines is 1. The van der Waals surface area contributed by atoms with E-state index in [1.54, 1.807) is 14.2 Å². The highest BCUT2D eigenvalue weighted by Gasteiger charge is 2.25. The molecule has 0 amide bonds. The Morgan fingerprint density at radius 2 is 1.77 bits per heavy atom. The van der Waals surface area contributed by atoms with Gasteiger partial charge in [-0.1, -0.05) is 26.0 Å². The number of pyridine rings is 1. The van der Waals surface area contributed by atoms with Gasteiger partial charge in [0, 0.05) is 51.4 Å². The normalized spacial score (nSPS) is 14.7. The van der Waals surface area contributed by atoms with Gasteiger partial charge >= 0.3 is 0 Å². The molecule has 0 saturated carbocycles. The Labute approximate surface area is 202 Å². The minimum atomic E-state index is -0.106. The fourth-order valence-electron chi connectivity index (χ4n) is 3.68. The van der Waals surface area contributed by atoms with E-state index in [-0.39, 0.29) is 29.4 Å². The molecule has 1 aliphatic heterocycles. The monoisotopic (exact) mass is 539 g/mol. The first-order valence-corrected chi connectivity index (χ1v) is 10.3. The molecule has 0 aliphatic carbocycles. The van der Waals surface area contributed by atoms with Gasteiger partial charge in [-0.3, -0.25) is 4.99 Å². The number of nitrogens with zero attached hydrogens (tertiary/aromatic N) is 4. The van der Waals surface area contributed by atoms with Gasteiger partial charge in [-0.05, 0) is 29.8 Å². The van der Waals surface area contributed by atoms with Crippen LogP contribution in [0.2, 0.25) is 0 Å². The zero-order valence-corrected chi connectivity index (χ0v) is 21.4. The van der Waals surface area contributed by atoms with Gasteiger partial charge in [0.15, 0.2) is 17.5 Å². The van der Waals surface area contributed by atoms with E-state index < -0.39 is 0 Å². The lowest BCUT2D eigenvalue weighted by Gasteiger charge is -2.38. The summed E-state index contributed by atoms with van der Waals surface area (Å²) >= 11 is 0. The Kier molecular flexibility index (Phi) is 9.21. The third kappa shape index (κ3) is 6.15. The Balaban J connectivity index is 0.00000341. The quantitative estimate of drug-likeness (QED) is 0.345. The second kappa shape index (κ2) is 11.4. The van der Waals surface area contributed by atoms with Gasteiger partial charge in [-0.25, -0.2) is 4.98 Å². The van der Waals surface area contributed by atoms with Gasteiger partial charge < -0.3 is 24.6 Å². The van der Waals surface area contributed by atoms with Crippen LogP contribution in [0.25, 0.3) is 0 Å². The average molecular weight is 539 g/mol. The van der Waals surface area contributed by atoms with Crippen molar-refractivity contribution in [1.29, 1.82) is 0 Å². The van der Waals surface area contributed by atoms with Crippen molar-refractivity contribution < 1.29 is 9.47 Å². The smallest absolute Gasteiger partial charge is 0.193 e. The molecule has 0 spiro atoms. The van der Waals surface area contributed by atoms with Crippen molar-refractivity contribution in [3.05, 3.63) is 48.2 Å². The van der Waals surface area contributed by atoms with Crippen molar-refractivity contribution in [2.75, 3.05) is 58.9 Å². The molecule has 170 valence electrons. The zero-order valence-electron chi connectivity index (χ0n) is 19.1. The predicted octanol–water partition coefficient (Wildman–Crippen LogP) is 3.39. The van der Waals surface area contributed by atoms with Crippen LogP contribution in [0.5, 0.6) is 11.5 Å². The Morgan fingerprint density at radius 3 is 2.35 bits per heavy atom. The third-order valence-corrected chi connectivity index (χ3v) is 5.62. The minimum absolute atomic E-state index is 0. The van der Waals surface area contributed by atoms with Crippen LogP contribution in [0.3, 0.4) is 0 Å². The van der Waals surface area contributed by atoms with Crippen molar-refractivity contribution in [3.63, 3.8) is 0 Å². The minimum Gasteiger partial charge on any atom is -0.493 e. The molecule has 0 unspecified atom stereocenters. The molecule has 1 aromatic heterocycles. The van der Waals surface area contributed by atoms with Crippen molar-refractivity contribution >= 4 is 35.8 Å². The summed E-state index contributed by atoms with van der Waals surface area (Å²) in [5.41, 5.74) is 1.08. The van der Waals surface area contributed by atoms with E-state index in [1.165, 1.54) is 5.56 Å². The lowest BCUT2D eigenvalue weighted by Crippen LogP contribution is -2.54. The Hall–Kier alpha value is -2.23. The molecule has 0 bridgehead atoms. The molecule has 0 radical (unpaired) electrons. The van der Waals surface area contributed by atoms with Gasteiger partial charge in [-0.2, -0.15) is 0 Å². The van der Waals surface area contributed by atoms with Gasteiger partial charge in [0.2, 0.25) is 0 Å². The molecular formula is C23H34IN5O2. The van der Waals surface area contributed by atoms with Crippen LogP contribution >= 0.6 is 24.0 Å². The molecule has 2 heterocycles. The molecule has 8 heteroatoms. The molecule has 0 atom stereocenters. The average Bonchev–Trinajstić information content (AvgIpc) is 2.80. The largest absolute Gasteiger partial charge is 0.493 e. The maximum Gasteiger partial charge on any atom is 0.193 e. The molecule has 2 aromatic rings. The van der Waals surface area contributed by atoms with E-state index in [0.29, 0.717) is 0 Å². The fourth-order valence-corrected chi connectivity index (χ4v) is 3.68. The number of hydrogen-bond donors (Lipinski definition) is 1. The number of methoxy groups -OCH3 is 2. The van der Waals surface area contributed by atoms with Crippen molar-refractivity contribution in [3.8, 4) is 11.5 Å². The predicted molar refractivity (Wildman–Crippen MR) is 137 cm³/mol. The molecule has 1 saturated heterocycles. The summed E-state index contributed by atoms with van der Waals surface area (Å²) in [6.07, 6.45) is 1.85. The summed E-state index contributed by atoms with van der Waals surface area (Å²) in [5.74, 6) is 3.46. The SMILES string of the molecule is CN=C(NCC(C)(C)c1ccc(OC)c(OC)c1)N1CCN(c2ccccn2)CC1.I. The van der Waals surface area contributed by atoms with Crippen LogP contribution in [-0.2, 0) is 5.41 Å². The van der Waals surface area contributed by atoms with Gasteiger partial charge in [0.1, 0.15) is 5.82 Å². The van der Waals surface area contributed by atoms with Crippen molar-refractivity contribution in [2.24, 2.45) is 4.99 Å². The van der Waals surface area contributed by atoms with E-state index >= 15 is 0 Å². The topological polar surface area (TPSA) is 62.2 Å². The molecule has 1 aromatic carbocycles. The highest BCUT2D eigenvalue weighted by Crippen LogP contribution is 2.32. The zero-order chi connectivity index (χ0) is 21.6. The number of piperazine rings is 1. The molecule has 7 nitrogen and oxygen atoms in total. The summed E-state index contributed by atoms with van der Waals surface area (Å²) < 4.78 is 10.8. The number of hydrogen-bond acceptors (Lipinski definition) is 5. The maximum atomic E-state index is 5.47. The van der Waals surface area contributed by atoms with Crippen LogP contribution < -0.4 is 19.7 Å². The van der Waals surface area contributed by atoms with E-state index in [9.17, 15) is 0 Å². The fraction of sp³-hybridized carbons (Fsp3) is 0.478. The molecule has 31 heavy (non-hydrogen) atoms. The first kappa shape index (κ1) is 25.0. The number of aromatic nitrogens is 1. The number of ether oxygens (including phenoxy) is 2. The summed E-state index contributed by atoms with van der Waals surface area (Å²) in [5, 5.41) is 3.57. The number of halogens is 1.